The molecule has 0 amide bonds. The van der Waals surface area contributed by atoms with Crippen LogP contribution in [0.1, 0.15) is 30.9 Å². The third-order valence-corrected chi connectivity index (χ3v) is 2.44. The van der Waals surface area contributed by atoms with Crippen molar-refractivity contribution in [2.45, 2.75) is 33.6 Å². The van der Waals surface area contributed by atoms with Gasteiger partial charge in [0.15, 0.2) is 0 Å². The second-order valence-electron chi connectivity index (χ2n) is 4.04. The van der Waals surface area contributed by atoms with Crippen molar-refractivity contribution in [1.82, 2.24) is 0 Å². The van der Waals surface area contributed by atoms with E-state index in [0.717, 1.165) is 11.1 Å². The van der Waals surface area contributed by atoms with E-state index in [1.807, 2.05) is 39.0 Å². The van der Waals surface area contributed by atoms with Gasteiger partial charge in [-0.2, -0.15) is 0 Å². The van der Waals surface area contributed by atoms with Gasteiger partial charge in [-0.1, -0.05) is 12.1 Å². The molecule has 0 aliphatic rings. The summed E-state index contributed by atoms with van der Waals surface area (Å²) in [4.78, 5) is 11.6. The van der Waals surface area contributed by atoms with Crippen molar-refractivity contribution in [1.29, 1.82) is 0 Å². The first kappa shape index (κ1) is 13.7. The van der Waals surface area contributed by atoms with E-state index in [-0.39, 0.29) is 5.97 Å². The van der Waals surface area contributed by atoms with Crippen LogP contribution in [0, 0.1) is 13.8 Å². The van der Waals surface area contributed by atoms with E-state index < -0.39 is 0 Å². The molecule has 0 spiro atoms. The van der Waals surface area contributed by atoms with Gasteiger partial charge in [-0.15, -0.1) is 0 Å². The fourth-order valence-electron chi connectivity index (χ4n) is 1.45. The summed E-state index contributed by atoms with van der Waals surface area (Å²) in [6.07, 6.45) is 1.10. The van der Waals surface area contributed by atoms with Crippen LogP contribution in [-0.2, 0) is 9.53 Å². The van der Waals surface area contributed by atoms with Crippen LogP contribution >= 0.6 is 0 Å². The minimum atomic E-state index is -0.196. The summed E-state index contributed by atoms with van der Waals surface area (Å²) >= 11 is 0. The van der Waals surface area contributed by atoms with Crippen molar-refractivity contribution < 1.29 is 14.3 Å². The normalized spacial score (nSPS) is 10.3. The highest BCUT2D eigenvalue weighted by Gasteiger charge is 2.07. The van der Waals surface area contributed by atoms with Crippen LogP contribution in [0.5, 0.6) is 5.75 Å². The second kappa shape index (κ2) is 7.07. The number of rotatable bonds is 6. The van der Waals surface area contributed by atoms with Crippen LogP contribution in [0.3, 0.4) is 0 Å². The van der Waals surface area contributed by atoms with Crippen molar-refractivity contribution in [2.24, 2.45) is 0 Å². The smallest absolute Gasteiger partial charge is 0.311 e. The summed E-state index contributed by atoms with van der Waals surface area (Å²) < 4.78 is 10.5. The van der Waals surface area contributed by atoms with Crippen LogP contribution < -0.4 is 4.74 Å². The standard InChI is InChI=1S/C14H20O3/c1-4-16-9-5-6-14(15)17-13-10-11(2)7-8-12(13)3/h7-8,10H,4-6,9H2,1-3H3. The van der Waals surface area contributed by atoms with E-state index in [9.17, 15) is 4.79 Å². The van der Waals surface area contributed by atoms with Gasteiger partial charge in [-0.05, 0) is 44.4 Å². The van der Waals surface area contributed by atoms with Gasteiger partial charge in [-0.25, -0.2) is 0 Å². The maximum atomic E-state index is 11.6. The third kappa shape index (κ3) is 5.00. The number of carbonyl (C=O) groups is 1. The number of ether oxygens (including phenoxy) is 2. The molecule has 0 radical (unpaired) electrons. The van der Waals surface area contributed by atoms with Gasteiger partial charge in [0.2, 0.25) is 0 Å². The topological polar surface area (TPSA) is 35.5 Å². The monoisotopic (exact) mass is 236 g/mol. The van der Waals surface area contributed by atoms with Crippen LogP contribution in [0.25, 0.3) is 0 Å². The lowest BCUT2D eigenvalue weighted by Crippen LogP contribution is -2.10. The van der Waals surface area contributed by atoms with Crippen LogP contribution in [0.4, 0.5) is 0 Å². The van der Waals surface area contributed by atoms with Crippen molar-refractivity contribution in [2.75, 3.05) is 13.2 Å². The van der Waals surface area contributed by atoms with Gasteiger partial charge in [-0.3, -0.25) is 4.79 Å². The predicted molar refractivity (Wildman–Crippen MR) is 67.3 cm³/mol. The van der Waals surface area contributed by atoms with Gasteiger partial charge in [0, 0.05) is 19.6 Å². The number of benzene rings is 1. The molecule has 0 saturated carbocycles. The highest BCUT2D eigenvalue weighted by atomic mass is 16.5. The molecule has 1 aromatic rings. The fourth-order valence-corrected chi connectivity index (χ4v) is 1.45. The van der Waals surface area contributed by atoms with Crippen molar-refractivity contribution >= 4 is 5.97 Å². The molecule has 1 aromatic carbocycles. The Labute approximate surface area is 103 Å². The zero-order chi connectivity index (χ0) is 12.7. The molecule has 0 N–H and O–H groups in total. The van der Waals surface area contributed by atoms with E-state index in [1.54, 1.807) is 0 Å². The van der Waals surface area contributed by atoms with E-state index >= 15 is 0 Å². The summed E-state index contributed by atoms with van der Waals surface area (Å²) in [5, 5.41) is 0. The average Bonchev–Trinajstić information content (AvgIpc) is 2.29. The molecule has 0 aromatic heterocycles. The molecule has 3 heteroatoms. The summed E-state index contributed by atoms with van der Waals surface area (Å²) in [7, 11) is 0. The second-order valence-corrected chi connectivity index (χ2v) is 4.04. The molecule has 3 nitrogen and oxygen atoms in total. The number of carbonyl (C=O) groups excluding carboxylic acids is 1. The minimum Gasteiger partial charge on any atom is -0.426 e. The van der Waals surface area contributed by atoms with Crippen molar-refractivity contribution in [3.8, 4) is 5.75 Å². The zero-order valence-corrected chi connectivity index (χ0v) is 10.8. The third-order valence-electron chi connectivity index (χ3n) is 2.44. The largest absolute Gasteiger partial charge is 0.426 e. The Morgan fingerprint density at radius 1 is 1.29 bits per heavy atom. The quantitative estimate of drug-likeness (QED) is 0.432. The summed E-state index contributed by atoms with van der Waals surface area (Å²) in [6.45, 7) is 7.15. The number of hydrogen-bond acceptors (Lipinski definition) is 3. The van der Waals surface area contributed by atoms with E-state index in [4.69, 9.17) is 9.47 Å². The Bertz CT molecular complexity index is 372. The molecule has 94 valence electrons. The molecule has 0 atom stereocenters. The number of hydrogen-bond donors (Lipinski definition) is 0. The van der Waals surface area contributed by atoms with Crippen LogP contribution in [0.15, 0.2) is 18.2 Å². The van der Waals surface area contributed by atoms with Crippen LogP contribution in [0.2, 0.25) is 0 Å². The lowest BCUT2D eigenvalue weighted by atomic mass is 10.1. The summed E-state index contributed by atoms with van der Waals surface area (Å²) in [5.74, 6) is 0.463. The Morgan fingerprint density at radius 2 is 2.06 bits per heavy atom. The molecular formula is C14H20O3. The van der Waals surface area contributed by atoms with E-state index in [2.05, 4.69) is 0 Å². The molecule has 0 unspecified atom stereocenters. The Balaban J connectivity index is 2.42. The molecular weight excluding hydrogens is 216 g/mol. The van der Waals surface area contributed by atoms with Gasteiger partial charge in [0.25, 0.3) is 0 Å². The number of aryl methyl sites for hydroxylation is 2. The molecule has 0 aliphatic carbocycles. The van der Waals surface area contributed by atoms with Gasteiger partial charge >= 0.3 is 5.97 Å². The van der Waals surface area contributed by atoms with E-state index in [1.165, 1.54) is 0 Å². The molecule has 0 heterocycles. The van der Waals surface area contributed by atoms with Crippen LogP contribution in [-0.4, -0.2) is 19.2 Å². The SMILES string of the molecule is CCOCCCC(=O)Oc1cc(C)ccc1C. The first-order valence-corrected chi connectivity index (χ1v) is 5.99. The minimum absolute atomic E-state index is 0.196. The molecule has 0 bridgehead atoms. The van der Waals surface area contributed by atoms with Crippen molar-refractivity contribution in [3.63, 3.8) is 0 Å². The number of esters is 1. The summed E-state index contributed by atoms with van der Waals surface area (Å²) in [5.41, 5.74) is 2.07. The fraction of sp³-hybridized carbons (Fsp3) is 0.500. The van der Waals surface area contributed by atoms with Crippen molar-refractivity contribution in [3.05, 3.63) is 29.3 Å². The first-order chi connectivity index (χ1) is 8.13. The Hall–Kier alpha value is -1.35. The Morgan fingerprint density at radius 3 is 2.76 bits per heavy atom. The van der Waals surface area contributed by atoms with Gasteiger partial charge < -0.3 is 9.47 Å². The van der Waals surface area contributed by atoms with Gasteiger partial charge in [0.05, 0.1) is 0 Å². The molecule has 1 rings (SSSR count). The lowest BCUT2D eigenvalue weighted by molar-refractivity contribution is -0.134. The maximum Gasteiger partial charge on any atom is 0.311 e. The Kier molecular flexibility index (Phi) is 5.70. The zero-order valence-electron chi connectivity index (χ0n) is 10.8. The molecule has 0 saturated heterocycles. The highest BCUT2D eigenvalue weighted by Crippen LogP contribution is 2.19. The molecule has 0 fully saturated rings. The van der Waals surface area contributed by atoms with E-state index in [0.29, 0.717) is 31.8 Å². The summed E-state index contributed by atoms with van der Waals surface area (Å²) in [6, 6.07) is 5.84. The first-order valence-electron chi connectivity index (χ1n) is 5.99. The highest BCUT2D eigenvalue weighted by molar-refractivity contribution is 5.72. The molecule has 17 heavy (non-hydrogen) atoms. The lowest BCUT2D eigenvalue weighted by Gasteiger charge is -2.08. The average molecular weight is 236 g/mol. The predicted octanol–water partition coefficient (Wildman–Crippen LogP) is 3.03. The van der Waals surface area contributed by atoms with Gasteiger partial charge in [0.1, 0.15) is 5.75 Å². The maximum absolute atomic E-state index is 11.6. The molecule has 0 aliphatic heterocycles.